The van der Waals surface area contributed by atoms with Crippen molar-refractivity contribution in [1.82, 2.24) is 5.32 Å². The fourth-order valence-corrected chi connectivity index (χ4v) is 2.63. The number of hydrogen-bond donors (Lipinski definition) is 1. The third-order valence-electron chi connectivity index (χ3n) is 3.80. The summed E-state index contributed by atoms with van der Waals surface area (Å²) in [5, 5.41) is 3.38. The molecule has 90 valence electrons. The average Bonchev–Trinajstić information content (AvgIpc) is 2.70. The first-order valence-corrected chi connectivity index (χ1v) is 6.44. The Labute approximate surface area is 94.8 Å². The first-order chi connectivity index (χ1) is 7.15. The topological polar surface area (TPSA) is 21.3 Å². The van der Waals surface area contributed by atoms with Crippen molar-refractivity contribution in [2.24, 2.45) is 11.8 Å². The van der Waals surface area contributed by atoms with Crippen molar-refractivity contribution in [1.29, 1.82) is 0 Å². The van der Waals surface area contributed by atoms with Crippen LogP contribution >= 0.6 is 0 Å². The van der Waals surface area contributed by atoms with Gasteiger partial charge < -0.3 is 10.1 Å². The molecule has 2 nitrogen and oxygen atoms in total. The van der Waals surface area contributed by atoms with Gasteiger partial charge in [-0.15, -0.1) is 0 Å². The molecule has 1 rings (SSSR count). The van der Waals surface area contributed by atoms with Gasteiger partial charge in [0.2, 0.25) is 0 Å². The van der Waals surface area contributed by atoms with E-state index in [9.17, 15) is 0 Å². The van der Waals surface area contributed by atoms with Gasteiger partial charge in [0.15, 0.2) is 0 Å². The lowest BCUT2D eigenvalue weighted by Crippen LogP contribution is -2.34. The molecule has 1 aliphatic rings. The average molecular weight is 213 g/mol. The lowest BCUT2D eigenvalue weighted by atomic mass is 9.84. The number of nitrogens with one attached hydrogen (secondary N) is 1. The van der Waals surface area contributed by atoms with Crippen LogP contribution in [0.25, 0.3) is 0 Å². The fraction of sp³-hybridized carbons (Fsp3) is 1.00. The van der Waals surface area contributed by atoms with Crippen molar-refractivity contribution in [3.8, 4) is 0 Å². The Hall–Kier alpha value is -0.0800. The normalized spacial score (nSPS) is 25.8. The largest absolute Gasteiger partial charge is 0.378 e. The highest BCUT2D eigenvalue weighted by Crippen LogP contribution is 2.25. The van der Waals surface area contributed by atoms with E-state index in [-0.39, 0.29) is 0 Å². The highest BCUT2D eigenvalue weighted by molar-refractivity contribution is 4.76. The highest BCUT2D eigenvalue weighted by atomic mass is 16.5. The zero-order chi connectivity index (χ0) is 11.3. The molecule has 0 amide bonds. The van der Waals surface area contributed by atoms with Crippen LogP contribution in [0.3, 0.4) is 0 Å². The summed E-state index contributed by atoms with van der Waals surface area (Å²) in [7, 11) is 2.06. The Bertz CT molecular complexity index is 164. The van der Waals surface area contributed by atoms with Gasteiger partial charge in [-0.2, -0.15) is 0 Å². The van der Waals surface area contributed by atoms with E-state index in [4.69, 9.17) is 4.74 Å². The standard InChI is InChI=1S/C13H27NO/c1-10(2)13(11(3)14-4)8-7-12-6-5-9-15-12/h10-14H,5-9H2,1-4H3. The third-order valence-corrected chi connectivity index (χ3v) is 3.80. The fourth-order valence-electron chi connectivity index (χ4n) is 2.63. The second-order valence-corrected chi connectivity index (χ2v) is 5.20. The molecule has 0 aromatic carbocycles. The monoisotopic (exact) mass is 213 g/mol. The van der Waals surface area contributed by atoms with Crippen LogP contribution in [-0.4, -0.2) is 25.8 Å². The van der Waals surface area contributed by atoms with Crippen LogP contribution in [0.4, 0.5) is 0 Å². The third kappa shape index (κ3) is 4.12. The Morgan fingerprint density at radius 3 is 2.53 bits per heavy atom. The van der Waals surface area contributed by atoms with E-state index < -0.39 is 0 Å². The van der Waals surface area contributed by atoms with E-state index in [2.05, 4.69) is 33.1 Å². The smallest absolute Gasteiger partial charge is 0.0576 e. The van der Waals surface area contributed by atoms with Crippen molar-refractivity contribution in [3.05, 3.63) is 0 Å². The molecule has 15 heavy (non-hydrogen) atoms. The maximum Gasteiger partial charge on any atom is 0.0576 e. The molecule has 0 bridgehead atoms. The molecule has 0 radical (unpaired) electrons. The van der Waals surface area contributed by atoms with Crippen LogP contribution in [0.2, 0.25) is 0 Å². The predicted molar refractivity (Wildman–Crippen MR) is 65.1 cm³/mol. The van der Waals surface area contributed by atoms with Crippen molar-refractivity contribution < 1.29 is 4.74 Å². The van der Waals surface area contributed by atoms with E-state index in [0.717, 1.165) is 18.4 Å². The van der Waals surface area contributed by atoms with Gasteiger partial charge in [-0.05, 0) is 51.5 Å². The maximum absolute atomic E-state index is 5.68. The molecule has 0 saturated carbocycles. The first kappa shape index (κ1) is 13.0. The minimum absolute atomic E-state index is 0.551. The Morgan fingerprint density at radius 1 is 1.33 bits per heavy atom. The molecule has 0 aromatic heterocycles. The lowest BCUT2D eigenvalue weighted by Gasteiger charge is -2.28. The molecule has 1 heterocycles. The van der Waals surface area contributed by atoms with Gasteiger partial charge in [0.1, 0.15) is 0 Å². The van der Waals surface area contributed by atoms with Gasteiger partial charge in [-0.1, -0.05) is 13.8 Å². The summed E-state index contributed by atoms with van der Waals surface area (Å²) in [5.74, 6) is 1.54. The van der Waals surface area contributed by atoms with Crippen molar-refractivity contribution in [2.75, 3.05) is 13.7 Å². The summed E-state index contributed by atoms with van der Waals surface area (Å²) >= 11 is 0. The Kier molecular flexibility index (Phi) is 5.62. The van der Waals surface area contributed by atoms with Gasteiger partial charge in [-0.25, -0.2) is 0 Å². The maximum atomic E-state index is 5.68. The van der Waals surface area contributed by atoms with Gasteiger partial charge in [0.05, 0.1) is 6.10 Å². The minimum Gasteiger partial charge on any atom is -0.378 e. The molecular formula is C13H27NO. The highest BCUT2D eigenvalue weighted by Gasteiger charge is 2.22. The van der Waals surface area contributed by atoms with Gasteiger partial charge in [-0.3, -0.25) is 0 Å². The Morgan fingerprint density at radius 2 is 2.07 bits per heavy atom. The molecule has 3 unspecified atom stereocenters. The van der Waals surface area contributed by atoms with E-state index in [1.807, 2.05) is 0 Å². The summed E-state index contributed by atoms with van der Waals surface area (Å²) in [6.07, 6.45) is 5.63. The number of hydrogen-bond acceptors (Lipinski definition) is 2. The molecule has 1 N–H and O–H groups in total. The SMILES string of the molecule is CNC(C)C(CCC1CCCO1)C(C)C. The first-order valence-electron chi connectivity index (χ1n) is 6.44. The van der Waals surface area contributed by atoms with Gasteiger partial charge >= 0.3 is 0 Å². The number of ether oxygens (including phenoxy) is 1. The van der Waals surface area contributed by atoms with Crippen LogP contribution in [0, 0.1) is 11.8 Å². The Balaban J connectivity index is 2.30. The predicted octanol–water partition coefficient (Wildman–Crippen LogP) is 2.83. The second-order valence-electron chi connectivity index (χ2n) is 5.20. The van der Waals surface area contributed by atoms with E-state index in [1.165, 1.54) is 25.7 Å². The van der Waals surface area contributed by atoms with E-state index >= 15 is 0 Å². The zero-order valence-electron chi connectivity index (χ0n) is 10.8. The van der Waals surface area contributed by atoms with Crippen LogP contribution < -0.4 is 5.32 Å². The minimum atomic E-state index is 0.551. The molecule has 0 aliphatic carbocycles. The van der Waals surface area contributed by atoms with Crippen LogP contribution in [0.1, 0.15) is 46.5 Å². The molecule has 3 atom stereocenters. The molecule has 0 spiro atoms. The van der Waals surface area contributed by atoms with E-state index in [1.54, 1.807) is 0 Å². The van der Waals surface area contributed by atoms with Crippen LogP contribution in [0.15, 0.2) is 0 Å². The number of rotatable bonds is 6. The molecule has 1 aliphatic heterocycles. The lowest BCUT2D eigenvalue weighted by molar-refractivity contribution is 0.0929. The summed E-state index contributed by atoms with van der Waals surface area (Å²) in [6.45, 7) is 7.93. The quantitative estimate of drug-likeness (QED) is 0.732. The summed E-state index contributed by atoms with van der Waals surface area (Å²) < 4.78 is 5.68. The van der Waals surface area contributed by atoms with Crippen molar-refractivity contribution in [3.63, 3.8) is 0 Å². The van der Waals surface area contributed by atoms with Crippen LogP contribution in [-0.2, 0) is 4.74 Å². The summed E-state index contributed by atoms with van der Waals surface area (Å²) in [4.78, 5) is 0. The van der Waals surface area contributed by atoms with Gasteiger partial charge in [0, 0.05) is 12.6 Å². The van der Waals surface area contributed by atoms with Crippen LogP contribution in [0.5, 0.6) is 0 Å². The van der Waals surface area contributed by atoms with Crippen molar-refractivity contribution in [2.45, 2.75) is 58.6 Å². The molecule has 0 aromatic rings. The zero-order valence-corrected chi connectivity index (χ0v) is 10.8. The molecular weight excluding hydrogens is 186 g/mol. The summed E-state index contributed by atoms with van der Waals surface area (Å²) in [5.41, 5.74) is 0. The molecule has 1 fully saturated rings. The van der Waals surface area contributed by atoms with Gasteiger partial charge in [0.25, 0.3) is 0 Å². The molecule has 2 heteroatoms. The molecule has 1 saturated heterocycles. The van der Waals surface area contributed by atoms with E-state index in [0.29, 0.717) is 12.1 Å². The summed E-state index contributed by atoms with van der Waals surface area (Å²) in [6, 6.07) is 0.617. The second kappa shape index (κ2) is 6.49. The van der Waals surface area contributed by atoms with Crippen molar-refractivity contribution >= 4 is 0 Å².